The van der Waals surface area contributed by atoms with Crippen molar-refractivity contribution in [1.29, 1.82) is 0 Å². The zero-order valence-electron chi connectivity index (χ0n) is 27.0. The quantitative estimate of drug-likeness (QED) is 0.166. The van der Waals surface area contributed by atoms with Gasteiger partial charge in [-0.1, -0.05) is 6.07 Å². The van der Waals surface area contributed by atoms with Crippen LogP contribution in [0.25, 0.3) is 11.1 Å². The molecule has 1 aliphatic carbocycles. The summed E-state index contributed by atoms with van der Waals surface area (Å²) in [4.78, 5) is 34.0. The minimum atomic E-state index is -5.05. The second-order valence-electron chi connectivity index (χ2n) is 12.5. The second-order valence-corrected chi connectivity index (χ2v) is 12.5. The summed E-state index contributed by atoms with van der Waals surface area (Å²) in [5.74, 6) is 0.601. The van der Waals surface area contributed by atoms with Gasteiger partial charge in [-0.15, -0.1) is 0 Å². The highest BCUT2D eigenvalue weighted by atomic mass is 19.4. The number of hydrogen-bond acceptors (Lipinski definition) is 7. The van der Waals surface area contributed by atoms with E-state index in [0.717, 1.165) is 31.5 Å². The molecule has 3 aromatic rings. The van der Waals surface area contributed by atoms with Crippen LogP contribution in [0.3, 0.4) is 0 Å². The number of benzene rings is 2. The minimum Gasteiger partial charge on any atom is -0.496 e. The Bertz CT molecular complexity index is 1710. The molecule has 49 heavy (non-hydrogen) atoms. The summed E-state index contributed by atoms with van der Waals surface area (Å²) in [6, 6.07) is 9.57. The number of halogens is 6. The Morgan fingerprint density at radius 1 is 0.939 bits per heavy atom. The molecule has 14 heteroatoms. The van der Waals surface area contributed by atoms with Crippen molar-refractivity contribution in [2.24, 2.45) is 5.92 Å². The highest BCUT2D eigenvalue weighted by Crippen LogP contribution is 2.50. The lowest BCUT2D eigenvalue weighted by Crippen LogP contribution is -2.32. The Morgan fingerprint density at radius 2 is 1.61 bits per heavy atom. The molecule has 262 valence electrons. The summed E-state index contributed by atoms with van der Waals surface area (Å²) in [5.41, 5.74) is -0.821. The van der Waals surface area contributed by atoms with Crippen LogP contribution < -0.4 is 9.64 Å². The molecule has 2 aromatic carbocycles. The van der Waals surface area contributed by atoms with Gasteiger partial charge in [0.25, 0.3) is 0 Å². The van der Waals surface area contributed by atoms with Gasteiger partial charge in [-0.2, -0.15) is 26.3 Å². The number of carbonyl (C=O) groups is 2. The van der Waals surface area contributed by atoms with Gasteiger partial charge in [-0.3, -0.25) is 9.69 Å². The lowest BCUT2D eigenvalue weighted by atomic mass is 9.96. The first-order valence-electron chi connectivity index (χ1n) is 16.1. The number of cyclic esters (lactones) is 1. The number of alkyl halides is 6. The number of rotatable bonds is 9. The number of anilines is 1. The van der Waals surface area contributed by atoms with Gasteiger partial charge < -0.3 is 19.1 Å². The van der Waals surface area contributed by atoms with Gasteiger partial charge in [-0.05, 0) is 92.6 Å². The summed E-state index contributed by atoms with van der Waals surface area (Å²) in [6.07, 6.45) is -9.83. The molecule has 4 atom stereocenters. The Balaban J connectivity index is 1.37. The Hall–Kier alpha value is -4.49. The van der Waals surface area contributed by atoms with Crippen LogP contribution in [0.2, 0.25) is 0 Å². The molecule has 0 unspecified atom stereocenters. The molecule has 0 spiro atoms. The third kappa shape index (κ3) is 7.00. The summed E-state index contributed by atoms with van der Waals surface area (Å²) < 4.78 is 98.2. The SMILES string of the molecule is CCOC(=O)[C@@H]1C[C@H]1c1ccc(OC)c(-c2ccc(N3CCCC3)nc2CN2C(=O)O[C@H](c3cc(C(F)(F)F)cc(C(F)(F)F)c3)[C@@H]2C)c1. The monoisotopic (exact) mass is 691 g/mol. The molecule has 2 saturated heterocycles. The molecule has 1 amide bonds. The first-order chi connectivity index (χ1) is 23.2. The van der Waals surface area contributed by atoms with E-state index < -0.39 is 47.3 Å². The molecule has 8 nitrogen and oxygen atoms in total. The maximum absolute atomic E-state index is 13.6. The van der Waals surface area contributed by atoms with E-state index >= 15 is 0 Å². The van der Waals surface area contributed by atoms with Crippen LogP contribution in [-0.2, 0) is 33.2 Å². The van der Waals surface area contributed by atoms with E-state index in [9.17, 15) is 35.9 Å². The zero-order chi connectivity index (χ0) is 35.2. The third-order valence-corrected chi connectivity index (χ3v) is 9.36. The van der Waals surface area contributed by atoms with E-state index in [0.29, 0.717) is 46.9 Å². The van der Waals surface area contributed by atoms with Crippen LogP contribution >= 0.6 is 0 Å². The van der Waals surface area contributed by atoms with Crippen molar-refractivity contribution in [3.8, 4) is 16.9 Å². The summed E-state index contributed by atoms with van der Waals surface area (Å²) in [7, 11) is 1.51. The van der Waals surface area contributed by atoms with E-state index in [4.69, 9.17) is 19.2 Å². The van der Waals surface area contributed by atoms with E-state index in [-0.39, 0.29) is 37.0 Å². The third-order valence-electron chi connectivity index (χ3n) is 9.36. The first kappa shape index (κ1) is 34.4. The lowest BCUT2D eigenvalue weighted by Gasteiger charge is -2.25. The fourth-order valence-corrected chi connectivity index (χ4v) is 6.68. The molecule has 1 aromatic heterocycles. The van der Waals surface area contributed by atoms with E-state index in [1.54, 1.807) is 13.0 Å². The van der Waals surface area contributed by atoms with E-state index in [1.807, 2.05) is 24.3 Å². The predicted octanol–water partition coefficient (Wildman–Crippen LogP) is 8.14. The lowest BCUT2D eigenvalue weighted by molar-refractivity contribution is -0.145. The summed E-state index contributed by atoms with van der Waals surface area (Å²) in [6.45, 7) is 4.95. The largest absolute Gasteiger partial charge is 0.496 e. The van der Waals surface area contributed by atoms with Crippen LogP contribution in [0.15, 0.2) is 48.5 Å². The molecule has 3 aliphatic rings. The number of ether oxygens (including phenoxy) is 3. The summed E-state index contributed by atoms with van der Waals surface area (Å²) in [5, 5.41) is 0. The summed E-state index contributed by atoms with van der Waals surface area (Å²) >= 11 is 0. The van der Waals surface area contributed by atoms with Gasteiger partial charge in [-0.25, -0.2) is 9.78 Å². The maximum Gasteiger partial charge on any atom is 0.416 e. The molecule has 0 bridgehead atoms. The van der Waals surface area contributed by atoms with Crippen molar-refractivity contribution in [3.63, 3.8) is 0 Å². The van der Waals surface area contributed by atoms with Gasteiger partial charge >= 0.3 is 24.4 Å². The van der Waals surface area contributed by atoms with Crippen molar-refractivity contribution in [1.82, 2.24) is 9.88 Å². The Morgan fingerprint density at radius 3 is 2.22 bits per heavy atom. The zero-order valence-corrected chi connectivity index (χ0v) is 27.0. The maximum atomic E-state index is 13.6. The number of carbonyl (C=O) groups excluding carboxylic acids is 2. The van der Waals surface area contributed by atoms with Gasteiger partial charge in [0, 0.05) is 24.2 Å². The van der Waals surface area contributed by atoms with Gasteiger partial charge in [0.2, 0.25) is 0 Å². The number of amides is 1. The topological polar surface area (TPSA) is 81.2 Å². The molecule has 0 radical (unpaired) electrons. The molecule has 3 fully saturated rings. The fourth-order valence-electron chi connectivity index (χ4n) is 6.68. The fraction of sp³-hybridized carbons (Fsp3) is 0.457. The number of nitrogens with zero attached hydrogens (tertiary/aromatic N) is 3. The van der Waals surface area contributed by atoms with Crippen LogP contribution in [0.1, 0.15) is 73.1 Å². The van der Waals surface area contributed by atoms with Crippen molar-refractivity contribution in [2.75, 3.05) is 31.7 Å². The first-order valence-corrected chi connectivity index (χ1v) is 16.1. The molecule has 3 heterocycles. The van der Waals surface area contributed by atoms with Crippen LogP contribution in [0.5, 0.6) is 5.75 Å². The molecular weight excluding hydrogens is 656 g/mol. The van der Waals surface area contributed by atoms with Gasteiger partial charge in [0.05, 0.1) is 49.0 Å². The number of methoxy groups -OCH3 is 1. The highest BCUT2D eigenvalue weighted by molar-refractivity contribution is 5.79. The van der Waals surface area contributed by atoms with Crippen LogP contribution in [0, 0.1) is 5.92 Å². The standard InChI is InChI=1S/C35H35F6N3O5/c1-4-48-32(45)27-17-25(27)20-7-9-29(47-3)26(15-20)24-8-10-30(43-11-5-6-12-43)42-28(24)18-44-19(2)31(49-33(44)46)21-13-22(34(36,37)38)16-23(14-21)35(39,40)41/h7-10,13-16,19,25,27,31H,4-6,11-12,17-18H2,1-3H3/t19-,25-,27+,31-/m0/s1. The number of aromatic nitrogens is 1. The molecule has 6 rings (SSSR count). The number of pyridine rings is 1. The molecule has 0 N–H and O–H groups in total. The predicted molar refractivity (Wildman–Crippen MR) is 166 cm³/mol. The Labute approximate surface area is 278 Å². The smallest absolute Gasteiger partial charge is 0.416 e. The molecule has 1 saturated carbocycles. The van der Waals surface area contributed by atoms with E-state index in [2.05, 4.69) is 4.90 Å². The molecular formula is C35H35F6N3O5. The highest BCUT2D eigenvalue weighted by Gasteiger charge is 2.46. The van der Waals surface area contributed by atoms with Gasteiger partial charge in [0.15, 0.2) is 0 Å². The second kappa shape index (κ2) is 13.1. The average Bonchev–Trinajstić information content (AvgIpc) is 3.57. The molecule has 2 aliphatic heterocycles. The van der Waals surface area contributed by atoms with Crippen LogP contribution in [0.4, 0.5) is 37.0 Å². The average molecular weight is 692 g/mol. The van der Waals surface area contributed by atoms with Crippen molar-refractivity contribution >= 4 is 17.9 Å². The normalized spacial score (nSPS) is 22.3. The number of esters is 1. The van der Waals surface area contributed by atoms with E-state index in [1.165, 1.54) is 18.9 Å². The Kier molecular flexibility index (Phi) is 9.18. The minimum absolute atomic E-state index is 0.0425. The van der Waals surface area contributed by atoms with Crippen molar-refractivity contribution in [2.45, 2.75) is 70.1 Å². The van der Waals surface area contributed by atoms with Crippen LogP contribution in [-0.4, -0.2) is 54.8 Å². The van der Waals surface area contributed by atoms with Gasteiger partial charge in [0.1, 0.15) is 17.7 Å². The van der Waals surface area contributed by atoms with Crippen molar-refractivity contribution < 1.29 is 50.1 Å². The number of hydrogen-bond donors (Lipinski definition) is 0. The van der Waals surface area contributed by atoms with Crippen molar-refractivity contribution in [3.05, 3.63) is 76.5 Å².